The first-order valence-corrected chi connectivity index (χ1v) is 5.32. The van der Waals surface area contributed by atoms with Crippen LogP contribution in [0.3, 0.4) is 0 Å². The zero-order chi connectivity index (χ0) is 11.8. The largest absolute Gasteiger partial charge is 0.297 e. The minimum Gasteiger partial charge on any atom is -0.297 e. The Morgan fingerprint density at radius 3 is 2.65 bits per heavy atom. The number of nitrogens with one attached hydrogen (secondary N) is 1. The third-order valence-electron chi connectivity index (χ3n) is 2.41. The van der Waals surface area contributed by atoms with Crippen molar-refractivity contribution in [1.82, 2.24) is 5.32 Å². The molecular weight excluding hydrogens is 236 g/mol. The summed E-state index contributed by atoms with van der Waals surface area (Å²) in [6.07, 6.45) is 0. The Morgan fingerprint density at radius 2 is 1.88 bits per heavy atom. The van der Waals surface area contributed by atoms with Crippen LogP contribution in [0.4, 0.5) is 0 Å². The molecule has 1 aromatic carbocycles. The minimum absolute atomic E-state index is 0.127. The van der Waals surface area contributed by atoms with Gasteiger partial charge < -0.3 is 0 Å². The summed E-state index contributed by atoms with van der Waals surface area (Å²) in [5.41, 5.74) is 1.74. The van der Waals surface area contributed by atoms with Gasteiger partial charge in [-0.1, -0.05) is 30.3 Å². The highest BCUT2D eigenvalue weighted by Gasteiger charge is 2.31. The summed E-state index contributed by atoms with van der Waals surface area (Å²) in [6.45, 7) is 0. The lowest BCUT2D eigenvalue weighted by Crippen LogP contribution is -2.36. The first-order valence-electron chi connectivity index (χ1n) is 4.91. The lowest BCUT2D eigenvalue weighted by Gasteiger charge is -2.10. The van der Waals surface area contributed by atoms with E-state index in [9.17, 15) is 4.79 Å². The molecule has 5 nitrogen and oxygen atoms in total. The minimum atomic E-state index is -0.302. The molecule has 1 N–H and O–H groups in total. The Hall–Kier alpha value is -2.21. The molecule has 82 valence electrons. The fraction of sp³-hybridized carbons (Fsp3) is 0. The summed E-state index contributed by atoms with van der Waals surface area (Å²) in [7, 11) is 0. The number of nitrogens with zero attached hydrogens (tertiary/aromatic N) is 3. The summed E-state index contributed by atoms with van der Waals surface area (Å²) in [5.74, 6) is -0.0125. The second kappa shape index (κ2) is 3.67. The number of benzene rings is 1. The Balaban J connectivity index is 2.19. The fourth-order valence-corrected chi connectivity index (χ4v) is 1.85. The molecule has 6 heteroatoms. The van der Waals surface area contributed by atoms with Gasteiger partial charge in [-0.3, -0.25) is 10.1 Å². The fourth-order valence-electron chi connectivity index (χ4n) is 1.67. The summed E-state index contributed by atoms with van der Waals surface area (Å²) >= 11 is 4.82. The molecule has 0 aliphatic carbocycles. The quantitative estimate of drug-likeness (QED) is 0.761. The predicted molar refractivity (Wildman–Crippen MR) is 66.4 cm³/mol. The molecule has 17 heavy (non-hydrogen) atoms. The molecule has 2 heterocycles. The Morgan fingerprint density at radius 1 is 1.12 bits per heavy atom. The first-order chi connectivity index (χ1) is 8.25. The van der Waals surface area contributed by atoms with Crippen LogP contribution in [-0.4, -0.2) is 16.9 Å². The first kappa shape index (κ1) is 9.98. The lowest BCUT2D eigenvalue weighted by atomic mass is 10.1. The number of azo groups is 1. The van der Waals surface area contributed by atoms with E-state index in [2.05, 4.69) is 20.5 Å². The monoisotopic (exact) mass is 242 g/mol. The van der Waals surface area contributed by atoms with Crippen molar-refractivity contribution in [3.8, 4) is 0 Å². The molecule has 0 aromatic heterocycles. The molecule has 0 saturated carbocycles. The molecule has 0 spiro atoms. The average molecular weight is 242 g/mol. The van der Waals surface area contributed by atoms with Crippen LogP contribution in [0.1, 0.15) is 5.56 Å². The van der Waals surface area contributed by atoms with Crippen molar-refractivity contribution in [3.63, 3.8) is 0 Å². The maximum atomic E-state index is 11.8. The van der Waals surface area contributed by atoms with Gasteiger partial charge in [-0.15, -0.1) is 10.2 Å². The van der Waals surface area contributed by atoms with Crippen molar-refractivity contribution in [2.45, 2.75) is 0 Å². The van der Waals surface area contributed by atoms with E-state index in [4.69, 9.17) is 12.2 Å². The normalized spacial score (nSPS) is 18.0. The Kier molecular flexibility index (Phi) is 2.15. The van der Waals surface area contributed by atoms with Crippen molar-refractivity contribution in [2.75, 3.05) is 0 Å². The van der Waals surface area contributed by atoms with E-state index in [-0.39, 0.29) is 16.9 Å². The van der Waals surface area contributed by atoms with Crippen LogP contribution in [0, 0.1) is 0 Å². The number of thiocarbonyl (C=S) groups is 1. The second-order valence-corrected chi connectivity index (χ2v) is 3.87. The zero-order valence-corrected chi connectivity index (χ0v) is 9.36. The topological polar surface area (TPSA) is 66.2 Å². The van der Waals surface area contributed by atoms with Gasteiger partial charge in [0, 0.05) is 5.56 Å². The molecule has 0 saturated heterocycles. The van der Waals surface area contributed by atoms with Gasteiger partial charge in [-0.05, 0) is 12.2 Å². The number of rotatable bonds is 1. The molecule has 0 unspecified atom stereocenters. The van der Waals surface area contributed by atoms with E-state index in [1.807, 2.05) is 30.3 Å². The van der Waals surface area contributed by atoms with Gasteiger partial charge in [0.15, 0.2) is 5.84 Å². The maximum Gasteiger partial charge on any atom is 0.263 e. The van der Waals surface area contributed by atoms with Gasteiger partial charge in [-0.25, -0.2) is 0 Å². The van der Waals surface area contributed by atoms with E-state index < -0.39 is 0 Å². The van der Waals surface area contributed by atoms with Gasteiger partial charge in [0.2, 0.25) is 5.11 Å². The van der Waals surface area contributed by atoms with Crippen molar-refractivity contribution < 1.29 is 4.79 Å². The van der Waals surface area contributed by atoms with Crippen LogP contribution in [0.15, 0.2) is 51.1 Å². The number of hydrogen-bond acceptors (Lipinski definition) is 4. The van der Waals surface area contributed by atoms with E-state index in [0.29, 0.717) is 11.3 Å². The van der Waals surface area contributed by atoms with E-state index in [1.54, 1.807) is 0 Å². The van der Waals surface area contributed by atoms with Crippen molar-refractivity contribution >= 4 is 34.8 Å². The van der Waals surface area contributed by atoms with Crippen LogP contribution in [-0.2, 0) is 4.79 Å². The molecule has 0 radical (unpaired) electrons. The number of amides is 1. The standard InChI is InChI=1S/C11H6N4OS/c16-10-7-8(6-4-2-1-3-5-6)14-15-9(7)12-11(17)13-10/h1-5H,(H,13,16,17). The highest BCUT2D eigenvalue weighted by atomic mass is 32.1. The molecular formula is C11H6N4OS. The molecule has 0 atom stereocenters. The van der Waals surface area contributed by atoms with Gasteiger partial charge in [0.1, 0.15) is 11.3 Å². The molecule has 0 bridgehead atoms. The Labute approximate surface area is 102 Å². The number of amidine groups is 1. The van der Waals surface area contributed by atoms with Crippen LogP contribution in [0.2, 0.25) is 0 Å². The number of aliphatic imine (C=N–C) groups is 1. The smallest absolute Gasteiger partial charge is 0.263 e. The Bertz CT molecular complexity index is 616. The average Bonchev–Trinajstić information content (AvgIpc) is 2.74. The predicted octanol–water partition coefficient (Wildman–Crippen LogP) is 1.68. The van der Waals surface area contributed by atoms with E-state index >= 15 is 0 Å². The van der Waals surface area contributed by atoms with Crippen LogP contribution < -0.4 is 5.32 Å². The molecule has 1 aromatic rings. The zero-order valence-electron chi connectivity index (χ0n) is 8.54. The molecule has 1 amide bonds. The molecule has 2 aliphatic heterocycles. The lowest BCUT2D eigenvalue weighted by molar-refractivity contribution is -0.115. The second-order valence-electron chi connectivity index (χ2n) is 3.48. The van der Waals surface area contributed by atoms with E-state index in [0.717, 1.165) is 5.56 Å². The van der Waals surface area contributed by atoms with Crippen molar-refractivity contribution in [1.29, 1.82) is 0 Å². The van der Waals surface area contributed by atoms with Gasteiger partial charge in [0.25, 0.3) is 5.91 Å². The van der Waals surface area contributed by atoms with E-state index in [1.165, 1.54) is 0 Å². The summed E-state index contributed by atoms with van der Waals surface area (Å²) in [6, 6.07) is 9.37. The third kappa shape index (κ3) is 1.58. The number of fused-ring (bicyclic) bond motifs is 1. The third-order valence-corrected chi connectivity index (χ3v) is 2.60. The summed E-state index contributed by atoms with van der Waals surface area (Å²) < 4.78 is 0. The SMILES string of the molecule is O=C1NC(=S)N=C2N=NC(c3ccccc3)=C12. The maximum absolute atomic E-state index is 11.8. The van der Waals surface area contributed by atoms with Crippen LogP contribution in [0.5, 0.6) is 0 Å². The van der Waals surface area contributed by atoms with Gasteiger partial charge >= 0.3 is 0 Å². The number of carbonyl (C=O) groups is 1. The molecule has 0 fully saturated rings. The van der Waals surface area contributed by atoms with Crippen LogP contribution >= 0.6 is 12.2 Å². The molecule has 3 rings (SSSR count). The highest BCUT2D eigenvalue weighted by Crippen LogP contribution is 2.28. The van der Waals surface area contributed by atoms with Gasteiger partial charge in [0.05, 0.1) is 0 Å². The number of carbonyl (C=O) groups excluding carboxylic acids is 1. The van der Waals surface area contributed by atoms with Gasteiger partial charge in [-0.2, -0.15) is 4.99 Å². The van der Waals surface area contributed by atoms with Crippen molar-refractivity contribution in [3.05, 3.63) is 41.5 Å². The molecule has 2 aliphatic rings. The summed E-state index contributed by atoms with van der Waals surface area (Å²) in [4.78, 5) is 15.8. The van der Waals surface area contributed by atoms with Crippen LogP contribution in [0.25, 0.3) is 5.70 Å². The van der Waals surface area contributed by atoms with Crippen molar-refractivity contribution in [2.24, 2.45) is 15.2 Å². The highest BCUT2D eigenvalue weighted by molar-refractivity contribution is 7.80. The summed E-state index contributed by atoms with van der Waals surface area (Å²) in [5, 5.41) is 10.5. The number of hydrogen-bond donors (Lipinski definition) is 1.